The van der Waals surface area contributed by atoms with Crippen molar-refractivity contribution in [1.82, 2.24) is 10.3 Å². The number of nitrogens with two attached hydrogens (primary N) is 1. The first-order valence-electron chi connectivity index (χ1n) is 7.30. The number of rotatable bonds is 6. The van der Waals surface area contributed by atoms with Gasteiger partial charge in [0.2, 0.25) is 0 Å². The van der Waals surface area contributed by atoms with Crippen LogP contribution in [-0.4, -0.2) is 11.5 Å². The summed E-state index contributed by atoms with van der Waals surface area (Å²) in [5.41, 5.74) is 9.55. The van der Waals surface area contributed by atoms with E-state index in [-0.39, 0.29) is 6.04 Å². The summed E-state index contributed by atoms with van der Waals surface area (Å²) in [5, 5.41) is 4.33. The topological polar surface area (TPSA) is 50.9 Å². The fraction of sp³-hybridized carbons (Fsp3) is 0.353. The van der Waals surface area contributed by atoms with Crippen LogP contribution < -0.4 is 11.1 Å². The number of hydrogen-bond donors (Lipinski definition) is 2. The first-order valence-corrected chi connectivity index (χ1v) is 7.68. The van der Waals surface area contributed by atoms with Crippen molar-refractivity contribution in [2.24, 2.45) is 0 Å². The summed E-state index contributed by atoms with van der Waals surface area (Å²) in [6, 6.07) is 10.1. The number of pyridine rings is 1. The zero-order chi connectivity index (χ0) is 15.2. The van der Waals surface area contributed by atoms with Crippen LogP contribution in [0.15, 0.2) is 36.5 Å². The molecule has 0 bridgehead atoms. The van der Waals surface area contributed by atoms with Crippen LogP contribution in [0.1, 0.15) is 36.1 Å². The molecule has 0 aliphatic heterocycles. The lowest BCUT2D eigenvalue weighted by atomic mass is 9.96. The quantitative estimate of drug-likeness (QED) is 0.850. The smallest absolute Gasteiger partial charge is 0.128 e. The number of aryl methyl sites for hydroxylation is 1. The van der Waals surface area contributed by atoms with E-state index in [1.165, 1.54) is 5.56 Å². The third-order valence-corrected chi connectivity index (χ3v) is 3.79. The maximum Gasteiger partial charge on any atom is 0.128 e. The minimum absolute atomic E-state index is 0.150. The largest absolute Gasteiger partial charge is 0.383 e. The Bertz CT molecular complexity index is 578. The van der Waals surface area contributed by atoms with Gasteiger partial charge in [-0.1, -0.05) is 30.7 Å². The number of nitrogen functional groups attached to an aromatic ring is 1. The van der Waals surface area contributed by atoms with Crippen LogP contribution in [-0.2, 0) is 6.42 Å². The molecule has 4 heteroatoms. The van der Waals surface area contributed by atoms with Crippen molar-refractivity contribution in [2.75, 3.05) is 12.3 Å². The van der Waals surface area contributed by atoms with Gasteiger partial charge in [-0.25, -0.2) is 4.98 Å². The number of nitrogens with zero attached hydrogens (tertiary/aromatic N) is 1. The number of hydrogen-bond acceptors (Lipinski definition) is 3. The fourth-order valence-corrected chi connectivity index (χ4v) is 2.75. The lowest BCUT2D eigenvalue weighted by Crippen LogP contribution is -2.26. The lowest BCUT2D eigenvalue weighted by Gasteiger charge is -2.22. The molecule has 1 aromatic carbocycles. The molecular formula is C17H22ClN3. The maximum absolute atomic E-state index is 6.10. The van der Waals surface area contributed by atoms with E-state index in [4.69, 9.17) is 17.3 Å². The standard InChI is InChI=1S/C17H22ClN3/c1-3-8-20-15(11-13-5-4-6-14(18)10-13)16-12(2)7-9-21-17(16)19/h4-7,9-10,15,20H,3,8,11H2,1-2H3,(H2,19,21). The van der Waals surface area contributed by atoms with Crippen molar-refractivity contribution < 1.29 is 0 Å². The first kappa shape index (κ1) is 15.8. The molecule has 112 valence electrons. The Kier molecular flexibility index (Phi) is 5.59. The summed E-state index contributed by atoms with van der Waals surface area (Å²) < 4.78 is 0. The molecule has 2 rings (SSSR count). The molecule has 0 amide bonds. The molecule has 3 N–H and O–H groups in total. The molecule has 1 aromatic heterocycles. The van der Waals surface area contributed by atoms with Crippen molar-refractivity contribution in [3.8, 4) is 0 Å². The molecule has 3 nitrogen and oxygen atoms in total. The number of nitrogens with one attached hydrogen (secondary N) is 1. The van der Waals surface area contributed by atoms with Crippen LogP contribution in [0.4, 0.5) is 5.82 Å². The Labute approximate surface area is 131 Å². The van der Waals surface area contributed by atoms with Gasteiger partial charge < -0.3 is 11.1 Å². The van der Waals surface area contributed by atoms with Gasteiger partial charge in [0.05, 0.1) is 0 Å². The van der Waals surface area contributed by atoms with Crippen molar-refractivity contribution >= 4 is 17.4 Å². The Morgan fingerprint density at radius 1 is 1.33 bits per heavy atom. The zero-order valence-electron chi connectivity index (χ0n) is 12.6. The highest BCUT2D eigenvalue weighted by Gasteiger charge is 2.17. The third-order valence-electron chi connectivity index (χ3n) is 3.56. The van der Waals surface area contributed by atoms with Crippen LogP contribution in [0.2, 0.25) is 5.02 Å². The van der Waals surface area contributed by atoms with Gasteiger partial charge in [0.1, 0.15) is 5.82 Å². The summed E-state index contributed by atoms with van der Waals surface area (Å²) in [6.07, 6.45) is 3.67. The highest BCUT2D eigenvalue weighted by molar-refractivity contribution is 6.30. The molecule has 1 heterocycles. The minimum Gasteiger partial charge on any atom is -0.383 e. The summed E-state index contributed by atoms with van der Waals surface area (Å²) in [7, 11) is 0. The third kappa shape index (κ3) is 4.19. The van der Waals surface area contributed by atoms with Gasteiger partial charge in [0.15, 0.2) is 0 Å². The fourth-order valence-electron chi connectivity index (χ4n) is 2.54. The van der Waals surface area contributed by atoms with Crippen molar-refractivity contribution in [3.05, 3.63) is 58.2 Å². The molecule has 0 fully saturated rings. The molecule has 2 aromatic rings. The van der Waals surface area contributed by atoms with Crippen LogP contribution in [0.25, 0.3) is 0 Å². The van der Waals surface area contributed by atoms with E-state index in [0.717, 1.165) is 35.5 Å². The Balaban J connectivity index is 2.30. The monoisotopic (exact) mass is 303 g/mol. The Hall–Kier alpha value is -1.58. The van der Waals surface area contributed by atoms with E-state index in [2.05, 4.69) is 30.2 Å². The molecule has 0 saturated carbocycles. The normalized spacial score (nSPS) is 12.3. The lowest BCUT2D eigenvalue weighted by molar-refractivity contribution is 0.527. The van der Waals surface area contributed by atoms with Gasteiger partial charge >= 0.3 is 0 Å². The van der Waals surface area contributed by atoms with Crippen molar-refractivity contribution in [2.45, 2.75) is 32.7 Å². The van der Waals surface area contributed by atoms with E-state index in [1.807, 2.05) is 24.3 Å². The van der Waals surface area contributed by atoms with E-state index in [9.17, 15) is 0 Å². The number of benzene rings is 1. The Morgan fingerprint density at radius 3 is 2.81 bits per heavy atom. The zero-order valence-corrected chi connectivity index (χ0v) is 13.3. The average molecular weight is 304 g/mol. The van der Waals surface area contributed by atoms with Crippen LogP contribution >= 0.6 is 11.6 Å². The van der Waals surface area contributed by atoms with E-state index in [0.29, 0.717) is 5.82 Å². The first-order chi connectivity index (χ1) is 10.1. The predicted molar refractivity (Wildman–Crippen MR) is 89.6 cm³/mol. The molecule has 1 unspecified atom stereocenters. The van der Waals surface area contributed by atoms with Gasteiger partial charge in [0, 0.05) is 22.8 Å². The average Bonchev–Trinajstić information content (AvgIpc) is 2.44. The van der Waals surface area contributed by atoms with Gasteiger partial charge in [-0.3, -0.25) is 0 Å². The number of aromatic nitrogens is 1. The molecule has 0 aliphatic carbocycles. The number of anilines is 1. The van der Waals surface area contributed by atoms with Crippen LogP contribution in [0.3, 0.4) is 0 Å². The van der Waals surface area contributed by atoms with Gasteiger partial charge in [-0.15, -0.1) is 0 Å². The van der Waals surface area contributed by atoms with E-state index >= 15 is 0 Å². The molecule has 0 saturated heterocycles. The van der Waals surface area contributed by atoms with Crippen molar-refractivity contribution in [1.29, 1.82) is 0 Å². The van der Waals surface area contributed by atoms with E-state index in [1.54, 1.807) is 6.20 Å². The summed E-state index contributed by atoms with van der Waals surface area (Å²) >= 11 is 6.08. The highest BCUT2D eigenvalue weighted by atomic mass is 35.5. The van der Waals surface area contributed by atoms with Gasteiger partial charge in [-0.05, 0) is 55.6 Å². The van der Waals surface area contributed by atoms with Gasteiger partial charge in [0.25, 0.3) is 0 Å². The molecule has 0 aliphatic rings. The van der Waals surface area contributed by atoms with Gasteiger partial charge in [-0.2, -0.15) is 0 Å². The molecule has 0 spiro atoms. The van der Waals surface area contributed by atoms with Crippen LogP contribution in [0, 0.1) is 6.92 Å². The number of halogens is 1. The van der Waals surface area contributed by atoms with E-state index < -0.39 is 0 Å². The Morgan fingerprint density at radius 2 is 2.14 bits per heavy atom. The molecule has 1 atom stereocenters. The van der Waals surface area contributed by atoms with Crippen LogP contribution in [0.5, 0.6) is 0 Å². The molecule has 21 heavy (non-hydrogen) atoms. The summed E-state index contributed by atoms with van der Waals surface area (Å²) in [6.45, 7) is 5.17. The highest BCUT2D eigenvalue weighted by Crippen LogP contribution is 2.26. The maximum atomic E-state index is 6.10. The molecule has 0 radical (unpaired) electrons. The van der Waals surface area contributed by atoms with Crippen molar-refractivity contribution in [3.63, 3.8) is 0 Å². The summed E-state index contributed by atoms with van der Waals surface area (Å²) in [4.78, 5) is 4.24. The predicted octanol–water partition coefficient (Wildman–Crippen LogP) is 3.91. The summed E-state index contributed by atoms with van der Waals surface area (Å²) in [5.74, 6) is 0.602. The molecular weight excluding hydrogens is 282 g/mol. The second kappa shape index (κ2) is 7.43. The SMILES string of the molecule is CCCNC(Cc1cccc(Cl)c1)c1c(C)ccnc1N. The second-order valence-electron chi connectivity index (χ2n) is 5.27. The minimum atomic E-state index is 0.150. The second-order valence-corrected chi connectivity index (χ2v) is 5.70.